The summed E-state index contributed by atoms with van der Waals surface area (Å²) in [7, 11) is 1.69. The summed E-state index contributed by atoms with van der Waals surface area (Å²) in [6, 6.07) is 20.3. The first-order valence-corrected chi connectivity index (χ1v) is 11.1. The highest BCUT2D eigenvalue weighted by Gasteiger charge is 2.41. The Kier molecular flexibility index (Phi) is 5.63. The summed E-state index contributed by atoms with van der Waals surface area (Å²) in [5, 5.41) is 0. The SMILES string of the molecule is COc1ccc2c(c1)CCN(c1ccc(C(C)C)cc1F)C2(C)c1ccc(Br)cc1. The Morgan fingerprint density at radius 2 is 1.77 bits per heavy atom. The maximum absolute atomic E-state index is 15.3. The average molecular weight is 468 g/mol. The Morgan fingerprint density at radius 3 is 2.40 bits per heavy atom. The van der Waals surface area contributed by atoms with Crippen LogP contribution >= 0.6 is 15.9 Å². The Hall–Kier alpha value is -2.33. The molecule has 1 atom stereocenters. The van der Waals surface area contributed by atoms with Crippen LogP contribution in [0.1, 0.15) is 48.9 Å². The van der Waals surface area contributed by atoms with Gasteiger partial charge >= 0.3 is 0 Å². The van der Waals surface area contributed by atoms with Crippen molar-refractivity contribution in [3.63, 3.8) is 0 Å². The Bertz CT molecular complexity index is 1060. The van der Waals surface area contributed by atoms with Crippen molar-refractivity contribution in [2.24, 2.45) is 0 Å². The molecular formula is C26H27BrFNO. The van der Waals surface area contributed by atoms with E-state index in [4.69, 9.17) is 4.74 Å². The van der Waals surface area contributed by atoms with E-state index in [2.05, 4.69) is 84.1 Å². The van der Waals surface area contributed by atoms with Crippen LogP contribution in [0.3, 0.4) is 0 Å². The van der Waals surface area contributed by atoms with Crippen molar-refractivity contribution in [2.45, 2.75) is 38.6 Å². The highest BCUT2D eigenvalue weighted by molar-refractivity contribution is 9.10. The van der Waals surface area contributed by atoms with Crippen molar-refractivity contribution < 1.29 is 9.13 Å². The van der Waals surface area contributed by atoms with Gasteiger partial charge in [0.25, 0.3) is 0 Å². The fraction of sp³-hybridized carbons (Fsp3) is 0.308. The fourth-order valence-electron chi connectivity index (χ4n) is 4.53. The van der Waals surface area contributed by atoms with Gasteiger partial charge in [0.05, 0.1) is 18.3 Å². The van der Waals surface area contributed by atoms with Gasteiger partial charge in [0, 0.05) is 11.0 Å². The summed E-state index contributed by atoms with van der Waals surface area (Å²) < 4.78 is 21.8. The third-order valence-electron chi connectivity index (χ3n) is 6.32. The summed E-state index contributed by atoms with van der Waals surface area (Å²) in [6.45, 7) is 7.09. The van der Waals surface area contributed by atoms with Crippen molar-refractivity contribution >= 4 is 21.6 Å². The first kappa shape index (κ1) is 20.9. The van der Waals surface area contributed by atoms with Crippen LogP contribution in [0.25, 0.3) is 0 Å². The summed E-state index contributed by atoms with van der Waals surface area (Å²) in [6.07, 6.45) is 0.837. The second kappa shape index (κ2) is 8.07. The van der Waals surface area contributed by atoms with E-state index >= 15 is 4.39 Å². The molecular weight excluding hydrogens is 441 g/mol. The van der Waals surface area contributed by atoms with Gasteiger partial charge in [-0.05, 0) is 77.9 Å². The van der Waals surface area contributed by atoms with Gasteiger partial charge in [0.2, 0.25) is 0 Å². The van der Waals surface area contributed by atoms with E-state index in [1.807, 2.05) is 12.1 Å². The number of hydrogen-bond acceptors (Lipinski definition) is 2. The van der Waals surface area contributed by atoms with Gasteiger partial charge in [0.15, 0.2) is 0 Å². The molecule has 1 unspecified atom stereocenters. The number of anilines is 1. The van der Waals surface area contributed by atoms with Gasteiger partial charge in [-0.3, -0.25) is 0 Å². The molecule has 4 rings (SSSR count). The number of hydrogen-bond donors (Lipinski definition) is 0. The van der Waals surface area contributed by atoms with Crippen LogP contribution in [0.2, 0.25) is 0 Å². The van der Waals surface area contributed by atoms with Crippen LogP contribution < -0.4 is 9.64 Å². The van der Waals surface area contributed by atoms with Gasteiger partial charge in [0.1, 0.15) is 11.6 Å². The Balaban J connectivity index is 1.90. The van der Waals surface area contributed by atoms with Crippen molar-refractivity contribution in [1.82, 2.24) is 0 Å². The van der Waals surface area contributed by atoms with Gasteiger partial charge < -0.3 is 9.64 Å². The number of halogens is 2. The van der Waals surface area contributed by atoms with Crippen LogP contribution in [-0.4, -0.2) is 13.7 Å². The van der Waals surface area contributed by atoms with Crippen LogP contribution in [0.4, 0.5) is 10.1 Å². The summed E-state index contributed by atoms with van der Waals surface area (Å²) in [5.41, 5.74) is 4.72. The summed E-state index contributed by atoms with van der Waals surface area (Å²) in [4.78, 5) is 2.21. The minimum atomic E-state index is -0.499. The first-order chi connectivity index (χ1) is 14.3. The number of methoxy groups -OCH3 is 1. The lowest BCUT2D eigenvalue weighted by atomic mass is 9.76. The van der Waals surface area contributed by atoms with E-state index < -0.39 is 5.54 Å². The average Bonchev–Trinajstić information content (AvgIpc) is 2.74. The highest BCUT2D eigenvalue weighted by Crippen LogP contribution is 2.45. The number of rotatable bonds is 4. The molecule has 3 aromatic rings. The predicted molar refractivity (Wildman–Crippen MR) is 125 cm³/mol. The van der Waals surface area contributed by atoms with E-state index in [0.29, 0.717) is 11.6 Å². The van der Waals surface area contributed by atoms with Crippen molar-refractivity contribution in [3.05, 3.63) is 93.2 Å². The number of ether oxygens (including phenoxy) is 1. The lowest BCUT2D eigenvalue weighted by molar-refractivity contribution is 0.411. The first-order valence-electron chi connectivity index (χ1n) is 10.3. The zero-order valence-corrected chi connectivity index (χ0v) is 19.5. The maximum atomic E-state index is 15.3. The molecule has 3 aromatic carbocycles. The molecule has 0 radical (unpaired) electrons. The van der Waals surface area contributed by atoms with Gasteiger partial charge in [-0.15, -0.1) is 0 Å². The number of fused-ring (bicyclic) bond motifs is 1. The monoisotopic (exact) mass is 467 g/mol. The molecule has 0 saturated carbocycles. The molecule has 1 aliphatic heterocycles. The van der Waals surface area contributed by atoms with Crippen molar-refractivity contribution in [1.29, 1.82) is 0 Å². The lowest BCUT2D eigenvalue weighted by Gasteiger charge is -2.48. The standard InChI is InChI=1S/C26H27BrFNO/c1-17(2)18-5-12-25(24(28)16-18)29-14-13-19-15-22(30-4)10-11-23(19)26(29,3)20-6-8-21(27)9-7-20/h5-12,15-17H,13-14H2,1-4H3. The molecule has 0 spiro atoms. The second-order valence-electron chi connectivity index (χ2n) is 8.37. The summed E-state index contributed by atoms with van der Waals surface area (Å²) in [5.74, 6) is 0.982. The minimum Gasteiger partial charge on any atom is -0.497 e. The molecule has 0 saturated heterocycles. The van der Waals surface area contributed by atoms with Gasteiger partial charge in [-0.1, -0.05) is 54.0 Å². The lowest BCUT2D eigenvalue weighted by Crippen LogP contribution is -2.50. The predicted octanol–water partition coefficient (Wildman–Crippen LogP) is 7.05. The van der Waals surface area contributed by atoms with Crippen molar-refractivity contribution in [3.8, 4) is 5.75 Å². The van der Waals surface area contributed by atoms with Crippen LogP contribution in [0, 0.1) is 5.82 Å². The summed E-state index contributed by atoms with van der Waals surface area (Å²) >= 11 is 3.54. The van der Waals surface area contributed by atoms with E-state index in [0.717, 1.165) is 34.3 Å². The normalized spacial score (nSPS) is 18.4. The minimum absolute atomic E-state index is 0.165. The Labute approximate surface area is 186 Å². The molecule has 0 aromatic heterocycles. The third-order valence-corrected chi connectivity index (χ3v) is 6.85. The zero-order valence-electron chi connectivity index (χ0n) is 17.9. The molecule has 2 nitrogen and oxygen atoms in total. The van der Waals surface area contributed by atoms with Gasteiger partial charge in [-0.25, -0.2) is 4.39 Å². The molecule has 30 heavy (non-hydrogen) atoms. The Morgan fingerprint density at radius 1 is 1.03 bits per heavy atom. The van der Waals surface area contributed by atoms with E-state index in [-0.39, 0.29) is 5.82 Å². The molecule has 4 heteroatoms. The molecule has 0 bridgehead atoms. The fourth-order valence-corrected chi connectivity index (χ4v) is 4.79. The van der Waals surface area contributed by atoms with Gasteiger partial charge in [-0.2, -0.15) is 0 Å². The van der Waals surface area contributed by atoms with Crippen molar-refractivity contribution in [2.75, 3.05) is 18.6 Å². The molecule has 0 aliphatic carbocycles. The van der Waals surface area contributed by atoms with E-state index in [1.165, 1.54) is 11.1 Å². The molecule has 0 amide bonds. The number of nitrogens with zero attached hydrogens (tertiary/aromatic N) is 1. The third kappa shape index (κ3) is 3.51. The molecule has 1 aliphatic rings. The molecule has 0 N–H and O–H groups in total. The molecule has 156 valence electrons. The highest BCUT2D eigenvalue weighted by atomic mass is 79.9. The largest absolute Gasteiger partial charge is 0.497 e. The number of benzene rings is 3. The quantitative estimate of drug-likeness (QED) is 0.407. The smallest absolute Gasteiger partial charge is 0.146 e. The molecule has 1 heterocycles. The van der Waals surface area contributed by atoms with Crippen LogP contribution in [0.15, 0.2) is 65.1 Å². The van der Waals surface area contributed by atoms with Crippen LogP contribution in [-0.2, 0) is 12.0 Å². The molecule has 0 fully saturated rings. The van der Waals surface area contributed by atoms with Crippen LogP contribution in [0.5, 0.6) is 5.75 Å². The van der Waals surface area contributed by atoms with E-state index in [1.54, 1.807) is 13.2 Å². The van der Waals surface area contributed by atoms with E-state index in [9.17, 15) is 0 Å². The topological polar surface area (TPSA) is 12.5 Å². The maximum Gasteiger partial charge on any atom is 0.146 e. The zero-order chi connectivity index (χ0) is 21.5. The second-order valence-corrected chi connectivity index (χ2v) is 9.29.